The third-order valence-corrected chi connectivity index (χ3v) is 2.82. The Kier molecular flexibility index (Phi) is 2.29. The molecule has 0 saturated carbocycles. The second-order valence-electron chi connectivity index (χ2n) is 5.08. The summed E-state index contributed by atoms with van der Waals surface area (Å²) in [6.45, 7) is 7.19. The highest BCUT2D eigenvalue weighted by atomic mass is 16.1. The minimum absolute atomic E-state index is 0.0278. The number of nitrogens with one attached hydrogen (secondary N) is 1. The zero-order valence-electron chi connectivity index (χ0n) is 9.55. The second-order valence-corrected chi connectivity index (χ2v) is 5.08. The number of ketones is 1. The van der Waals surface area contributed by atoms with Crippen molar-refractivity contribution >= 4 is 11.5 Å². The maximum Gasteiger partial charge on any atom is 0.167 e. The van der Waals surface area contributed by atoms with Gasteiger partial charge >= 0.3 is 0 Å². The fraction of sp³-hybridized carbons (Fsp3) is 0.462. The molecule has 0 saturated heterocycles. The van der Waals surface area contributed by atoms with Crippen molar-refractivity contribution in [3.63, 3.8) is 0 Å². The molecule has 1 aromatic rings. The van der Waals surface area contributed by atoms with Gasteiger partial charge in [0.15, 0.2) is 5.78 Å². The van der Waals surface area contributed by atoms with E-state index in [0.717, 1.165) is 23.4 Å². The molecule has 0 bridgehead atoms. The summed E-state index contributed by atoms with van der Waals surface area (Å²) in [7, 11) is 0. The van der Waals surface area contributed by atoms with Crippen molar-refractivity contribution in [3.8, 4) is 0 Å². The zero-order valence-corrected chi connectivity index (χ0v) is 9.55. The van der Waals surface area contributed by atoms with Crippen molar-refractivity contribution in [2.45, 2.75) is 32.6 Å². The van der Waals surface area contributed by atoms with E-state index in [2.05, 4.69) is 32.2 Å². The minimum Gasteiger partial charge on any atom is -0.384 e. The largest absolute Gasteiger partial charge is 0.384 e. The summed E-state index contributed by atoms with van der Waals surface area (Å²) in [5.74, 6) is 0.272. The average Bonchev–Trinajstić information content (AvgIpc) is 2.16. The lowest BCUT2D eigenvalue weighted by Gasteiger charge is -2.27. The Bertz CT molecular complexity index is 401. The number of carbonyl (C=O) groups excluding carboxylic acids is 1. The molecule has 15 heavy (non-hydrogen) atoms. The van der Waals surface area contributed by atoms with Gasteiger partial charge in [-0.1, -0.05) is 32.9 Å². The first-order valence-electron chi connectivity index (χ1n) is 5.41. The Morgan fingerprint density at radius 3 is 2.67 bits per heavy atom. The predicted molar refractivity (Wildman–Crippen MR) is 62.6 cm³/mol. The molecule has 0 fully saturated rings. The van der Waals surface area contributed by atoms with Gasteiger partial charge in [0.2, 0.25) is 0 Å². The van der Waals surface area contributed by atoms with Crippen molar-refractivity contribution in [1.29, 1.82) is 0 Å². The van der Waals surface area contributed by atoms with Gasteiger partial charge in [0.25, 0.3) is 0 Å². The molecule has 2 heteroatoms. The quantitative estimate of drug-likeness (QED) is 0.702. The van der Waals surface area contributed by atoms with Crippen LogP contribution in [-0.2, 0) is 5.41 Å². The normalized spacial score (nSPS) is 15.8. The molecule has 1 heterocycles. The zero-order chi connectivity index (χ0) is 11.1. The lowest BCUT2D eigenvalue weighted by atomic mass is 9.81. The first-order chi connectivity index (χ1) is 7.00. The van der Waals surface area contributed by atoms with Gasteiger partial charge in [-0.15, -0.1) is 0 Å². The molecule has 1 aliphatic rings. The van der Waals surface area contributed by atoms with Gasteiger partial charge in [-0.25, -0.2) is 0 Å². The molecule has 0 spiro atoms. The number of anilines is 1. The van der Waals surface area contributed by atoms with Gasteiger partial charge in [-0.2, -0.15) is 0 Å². The summed E-state index contributed by atoms with van der Waals surface area (Å²) in [4.78, 5) is 11.9. The molecule has 1 aromatic carbocycles. The molecule has 2 nitrogen and oxygen atoms in total. The topological polar surface area (TPSA) is 29.1 Å². The third kappa shape index (κ3) is 1.76. The molecule has 0 aromatic heterocycles. The summed E-state index contributed by atoms with van der Waals surface area (Å²) in [5, 5.41) is 3.28. The van der Waals surface area contributed by atoms with E-state index in [9.17, 15) is 4.79 Å². The Labute approximate surface area is 90.7 Å². The highest BCUT2D eigenvalue weighted by molar-refractivity contribution is 6.04. The van der Waals surface area contributed by atoms with Gasteiger partial charge in [0, 0.05) is 24.2 Å². The standard InChI is InChI=1S/C13H17NO/c1-13(2,3)9-5-4-6-10-12(9)11(15)7-8-14-10/h4-6,14H,7-8H2,1-3H3. The van der Waals surface area contributed by atoms with Crippen molar-refractivity contribution in [2.75, 3.05) is 11.9 Å². The second kappa shape index (κ2) is 3.37. The lowest BCUT2D eigenvalue weighted by molar-refractivity contribution is 0.0981. The number of hydrogen-bond donors (Lipinski definition) is 1. The highest BCUT2D eigenvalue weighted by Crippen LogP contribution is 2.33. The van der Waals surface area contributed by atoms with Gasteiger partial charge in [0.05, 0.1) is 0 Å². The van der Waals surface area contributed by atoms with E-state index in [1.54, 1.807) is 0 Å². The molecule has 2 rings (SSSR count). The van der Waals surface area contributed by atoms with Crippen LogP contribution in [0, 0.1) is 0 Å². The molecule has 1 N–H and O–H groups in total. The number of Topliss-reactive ketones (excluding diaryl/α,β-unsaturated/α-hetero) is 1. The molecule has 1 aliphatic heterocycles. The molecular weight excluding hydrogens is 186 g/mol. The number of rotatable bonds is 0. The van der Waals surface area contributed by atoms with Crippen LogP contribution in [0.5, 0.6) is 0 Å². The van der Waals surface area contributed by atoms with Crippen LogP contribution in [-0.4, -0.2) is 12.3 Å². The summed E-state index contributed by atoms with van der Waals surface area (Å²) in [6, 6.07) is 6.07. The fourth-order valence-electron chi connectivity index (χ4n) is 2.06. The predicted octanol–water partition coefficient (Wildman–Crippen LogP) is 2.98. The van der Waals surface area contributed by atoms with Crippen LogP contribution in [0.3, 0.4) is 0 Å². The number of benzene rings is 1. The Hall–Kier alpha value is -1.31. The van der Waals surface area contributed by atoms with E-state index in [4.69, 9.17) is 0 Å². The SMILES string of the molecule is CC(C)(C)c1cccc2c1C(=O)CCN2. The van der Waals surface area contributed by atoms with Crippen molar-refractivity contribution < 1.29 is 4.79 Å². The Balaban J connectivity index is 2.62. The van der Waals surface area contributed by atoms with Crippen molar-refractivity contribution in [3.05, 3.63) is 29.3 Å². The summed E-state index contributed by atoms with van der Waals surface area (Å²) in [5.41, 5.74) is 3.08. The van der Waals surface area contributed by atoms with Crippen molar-refractivity contribution in [1.82, 2.24) is 0 Å². The molecule has 0 atom stereocenters. The molecule has 0 unspecified atom stereocenters. The third-order valence-electron chi connectivity index (χ3n) is 2.82. The fourth-order valence-corrected chi connectivity index (χ4v) is 2.06. The smallest absolute Gasteiger partial charge is 0.167 e. The lowest BCUT2D eigenvalue weighted by Crippen LogP contribution is -2.24. The average molecular weight is 203 g/mol. The van der Waals surface area contributed by atoms with Gasteiger partial charge in [-0.3, -0.25) is 4.79 Å². The first-order valence-corrected chi connectivity index (χ1v) is 5.41. The van der Waals surface area contributed by atoms with Crippen LogP contribution < -0.4 is 5.32 Å². The molecule has 0 radical (unpaired) electrons. The molecule has 0 amide bonds. The van der Waals surface area contributed by atoms with Gasteiger partial charge < -0.3 is 5.32 Å². The highest BCUT2D eigenvalue weighted by Gasteiger charge is 2.25. The molecule has 80 valence electrons. The van der Waals surface area contributed by atoms with Crippen LogP contribution in [0.4, 0.5) is 5.69 Å². The minimum atomic E-state index is 0.0278. The van der Waals surface area contributed by atoms with Crippen LogP contribution in [0.25, 0.3) is 0 Å². The van der Waals surface area contributed by atoms with Crippen molar-refractivity contribution in [2.24, 2.45) is 0 Å². The van der Waals surface area contributed by atoms with E-state index in [1.165, 1.54) is 0 Å². The number of fused-ring (bicyclic) bond motifs is 1. The maximum atomic E-state index is 11.9. The number of hydrogen-bond acceptors (Lipinski definition) is 2. The van der Waals surface area contributed by atoms with E-state index in [-0.39, 0.29) is 11.2 Å². The van der Waals surface area contributed by atoms with E-state index >= 15 is 0 Å². The van der Waals surface area contributed by atoms with Gasteiger partial charge in [-0.05, 0) is 17.0 Å². The van der Waals surface area contributed by atoms with Crippen LogP contribution in [0.2, 0.25) is 0 Å². The molecule has 0 aliphatic carbocycles. The van der Waals surface area contributed by atoms with E-state index in [0.29, 0.717) is 6.42 Å². The van der Waals surface area contributed by atoms with E-state index < -0.39 is 0 Å². The van der Waals surface area contributed by atoms with Crippen LogP contribution in [0.15, 0.2) is 18.2 Å². The van der Waals surface area contributed by atoms with Crippen LogP contribution in [0.1, 0.15) is 43.1 Å². The van der Waals surface area contributed by atoms with Gasteiger partial charge in [0.1, 0.15) is 0 Å². The Morgan fingerprint density at radius 1 is 1.27 bits per heavy atom. The molecular formula is C13H17NO. The monoisotopic (exact) mass is 203 g/mol. The summed E-state index contributed by atoms with van der Waals surface area (Å²) < 4.78 is 0. The van der Waals surface area contributed by atoms with E-state index in [1.807, 2.05) is 12.1 Å². The number of carbonyl (C=O) groups is 1. The first kappa shape index (κ1) is 10.2. The summed E-state index contributed by atoms with van der Waals surface area (Å²) >= 11 is 0. The summed E-state index contributed by atoms with van der Waals surface area (Å²) in [6.07, 6.45) is 0.611. The van der Waals surface area contributed by atoms with Crippen LogP contribution >= 0.6 is 0 Å². The Morgan fingerprint density at radius 2 is 2.00 bits per heavy atom. The maximum absolute atomic E-state index is 11.9.